The van der Waals surface area contributed by atoms with Crippen molar-refractivity contribution in [2.75, 3.05) is 13.2 Å². The Kier molecular flexibility index (Phi) is 50.8. The van der Waals surface area contributed by atoms with E-state index in [1.165, 1.54) is 205 Å². The Balaban J connectivity index is 4.24. The second-order valence-electron chi connectivity index (χ2n) is 18.9. The van der Waals surface area contributed by atoms with Gasteiger partial charge >= 0.3 is 17.9 Å². The first-order valence-electron chi connectivity index (χ1n) is 27.9. The number of carbonyl (C=O) groups excluding carboxylic acids is 3. The molecule has 0 aliphatic carbocycles. The lowest BCUT2D eigenvalue weighted by atomic mass is 10.0. The van der Waals surface area contributed by atoms with Gasteiger partial charge in [0.15, 0.2) is 6.10 Å². The number of ether oxygens (including phenoxy) is 3. The van der Waals surface area contributed by atoms with Crippen LogP contribution in [0.1, 0.15) is 303 Å². The Morgan fingerprint density at radius 1 is 0.317 bits per heavy atom. The molecule has 0 rings (SSSR count). The van der Waals surface area contributed by atoms with Crippen molar-refractivity contribution in [3.8, 4) is 0 Å². The van der Waals surface area contributed by atoms with Crippen LogP contribution in [0.2, 0.25) is 0 Å². The summed E-state index contributed by atoms with van der Waals surface area (Å²) in [6, 6.07) is 0. The van der Waals surface area contributed by atoms with Gasteiger partial charge in [-0.05, 0) is 44.9 Å². The molecule has 0 aliphatic rings. The van der Waals surface area contributed by atoms with Gasteiger partial charge in [0.25, 0.3) is 0 Å². The molecule has 0 saturated carbocycles. The quantitative estimate of drug-likeness (QED) is 0.0262. The van der Waals surface area contributed by atoms with Gasteiger partial charge in [0.2, 0.25) is 0 Å². The summed E-state index contributed by atoms with van der Waals surface area (Å²) >= 11 is 0. The molecule has 0 aromatic carbocycles. The third kappa shape index (κ3) is 50.7. The Bertz CT molecular complexity index is 1020. The van der Waals surface area contributed by atoms with Crippen LogP contribution in [0.25, 0.3) is 0 Å². The van der Waals surface area contributed by atoms with Crippen LogP contribution >= 0.6 is 0 Å². The standard InChI is InChI=1S/C57H106O6/c1-4-7-10-13-16-19-21-23-25-27-28-30-31-33-35-38-41-44-47-50-56(59)62-53-54(52-61-55(58)49-46-43-40-37-18-15-12-9-6-3)63-57(60)51-48-45-42-39-36-34-32-29-26-24-22-20-17-14-11-8-5-2/h16,19,21,23,54H,4-15,17-18,20,22,24-53H2,1-3H3/b19-16-,23-21-. The highest BCUT2D eigenvalue weighted by Crippen LogP contribution is 2.17. The zero-order chi connectivity index (χ0) is 45.8. The molecule has 370 valence electrons. The van der Waals surface area contributed by atoms with Crippen molar-refractivity contribution in [3.63, 3.8) is 0 Å². The van der Waals surface area contributed by atoms with Gasteiger partial charge in [0.05, 0.1) is 0 Å². The second kappa shape index (κ2) is 52.5. The van der Waals surface area contributed by atoms with Gasteiger partial charge in [0.1, 0.15) is 13.2 Å². The number of unbranched alkanes of at least 4 members (excludes halogenated alkanes) is 37. The minimum atomic E-state index is -0.766. The molecule has 1 unspecified atom stereocenters. The molecule has 1 atom stereocenters. The molecule has 0 heterocycles. The summed E-state index contributed by atoms with van der Waals surface area (Å²) in [6.07, 6.45) is 60.3. The van der Waals surface area contributed by atoms with Gasteiger partial charge < -0.3 is 14.2 Å². The Labute approximate surface area is 392 Å². The highest BCUT2D eigenvalue weighted by atomic mass is 16.6. The van der Waals surface area contributed by atoms with E-state index in [1.807, 2.05) is 0 Å². The van der Waals surface area contributed by atoms with Gasteiger partial charge in [0, 0.05) is 19.3 Å². The number of allylic oxidation sites excluding steroid dienone is 4. The van der Waals surface area contributed by atoms with Gasteiger partial charge in [-0.25, -0.2) is 0 Å². The van der Waals surface area contributed by atoms with Crippen LogP contribution in [-0.4, -0.2) is 37.2 Å². The van der Waals surface area contributed by atoms with Crippen LogP contribution in [0, 0.1) is 0 Å². The maximum absolute atomic E-state index is 12.8. The maximum atomic E-state index is 12.8. The van der Waals surface area contributed by atoms with E-state index in [0.29, 0.717) is 19.3 Å². The summed E-state index contributed by atoms with van der Waals surface area (Å²) in [4.78, 5) is 38.0. The molecule has 63 heavy (non-hydrogen) atoms. The lowest BCUT2D eigenvalue weighted by Crippen LogP contribution is -2.30. The van der Waals surface area contributed by atoms with Gasteiger partial charge in [-0.1, -0.05) is 263 Å². The Morgan fingerprint density at radius 2 is 0.556 bits per heavy atom. The molecule has 0 bridgehead atoms. The average molecular weight is 887 g/mol. The minimum absolute atomic E-state index is 0.0672. The van der Waals surface area contributed by atoms with Crippen molar-refractivity contribution in [3.05, 3.63) is 24.3 Å². The summed E-state index contributed by atoms with van der Waals surface area (Å²) in [6.45, 7) is 6.63. The average Bonchev–Trinajstić information content (AvgIpc) is 3.28. The van der Waals surface area contributed by atoms with E-state index in [1.54, 1.807) is 0 Å². The number of rotatable bonds is 51. The first kappa shape index (κ1) is 60.9. The molecule has 0 saturated heterocycles. The van der Waals surface area contributed by atoms with E-state index in [-0.39, 0.29) is 31.1 Å². The molecule has 0 radical (unpaired) electrons. The summed E-state index contributed by atoms with van der Waals surface area (Å²) in [7, 11) is 0. The molecular formula is C57H106O6. The monoisotopic (exact) mass is 887 g/mol. The van der Waals surface area contributed by atoms with Crippen LogP contribution in [0.3, 0.4) is 0 Å². The molecule has 6 heteroatoms. The molecule has 0 aromatic heterocycles. The fourth-order valence-corrected chi connectivity index (χ4v) is 8.26. The number of esters is 3. The second-order valence-corrected chi connectivity index (χ2v) is 18.9. The highest BCUT2D eigenvalue weighted by Gasteiger charge is 2.19. The van der Waals surface area contributed by atoms with E-state index in [2.05, 4.69) is 45.1 Å². The Hall–Kier alpha value is -2.11. The van der Waals surface area contributed by atoms with Crippen molar-refractivity contribution in [1.82, 2.24) is 0 Å². The van der Waals surface area contributed by atoms with Crippen molar-refractivity contribution in [1.29, 1.82) is 0 Å². The third-order valence-electron chi connectivity index (χ3n) is 12.5. The van der Waals surface area contributed by atoms with Crippen LogP contribution < -0.4 is 0 Å². The fraction of sp³-hybridized carbons (Fsp3) is 0.877. The molecular weight excluding hydrogens is 781 g/mol. The predicted octanol–water partition coefficient (Wildman–Crippen LogP) is 18.3. The van der Waals surface area contributed by atoms with E-state index < -0.39 is 6.10 Å². The third-order valence-corrected chi connectivity index (χ3v) is 12.5. The molecule has 0 N–H and O–H groups in total. The maximum Gasteiger partial charge on any atom is 0.306 e. The summed E-state index contributed by atoms with van der Waals surface area (Å²) in [5, 5.41) is 0. The first-order chi connectivity index (χ1) is 31.0. The van der Waals surface area contributed by atoms with Crippen molar-refractivity contribution < 1.29 is 28.6 Å². The SMILES string of the molecule is CCCCC/C=C\C=C/CCCCCCCCCCCCC(=O)OCC(COC(=O)CCCCCCCCCCC)OC(=O)CCCCCCCCCCCCCCCCCCC. The molecule has 0 aliphatic heterocycles. The van der Waals surface area contributed by atoms with Crippen molar-refractivity contribution in [2.45, 2.75) is 309 Å². The zero-order valence-corrected chi connectivity index (χ0v) is 42.4. The predicted molar refractivity (Wildman–Crippen MR) is 270 cm³/mol. The number of carbonyl (C=O) groups is 3. The first-order valence-corrected chi connectivity index (χ1v) is 27.9. The molecule has 0 fully saturated rings. The largest absolute Gasteiger partial charge is 0.462 e. The van der Waals surface area contributed by atoms with Crippen LogP contribution in [-0.2, 0) is 28.6 Å². The molecule has 0 aromatic rings. The topological polar surface area (TPSA) is 78.9 Å². The van der Waals surface area contributed by atoms with Crippen molar-refractivity contribution >= 4 is 17.9 Å². The normalized spacial score (nSPS) is 12.1. The van der Waals surface area contributed by atoms with Gasteiger partial charge in [-0.2, -0.15) is 0 Å². The van der Waals surface area contributed by atoms with Crippen LogP contribution in [0.4, 0.5) is 0 Å². The van der Waals surface area contributed by atoms with Gasteiger partial charge in [-0.3, -0.25) is 14.4 Å². The highest BCUT2D eigenvalue weighted by molar-refractivity contribution is 5.71. The van der Waals surface area contributed by atoms with E-state index in [0.717, 1.165) is 57.8 Å². The van der Waals surface area contributed by atoms with Crippen molar-refractivity contribution in [2.24, 2.45) is 0 Å². The fourth-order valence-electron chi connectivity index (χ4n) is 8.26. The summed E-state index contributed by atoms with van der Waals surface area (Å²) < 4.78 is 16.8. The van der Waals surface area contributed by atoms with Crippen LogP contribution in [0.5, 0.6) is 0 Å². The zero-order valence-electron chi connectivity index (χ0n) is 42.4. The smallest absolute Gasteiger partial charge is 0.306 e. The Morgan fingerprint density at radius 3 is 0.873 bits per heavy atom. The lowest BCUT2D eigenvalue weighted by Gasteiger charge is -2.18. The number of hydrogen-bond acceptors (Lipinski definition) is 6. The summed E-state index contributed by atoms with van der Waals surface area (Å²) in [5.74, 6) is -0.855. The molecule has 0 amide bonds. The van der Waals surface area contributed by atoms with Gasteiger partial charge in [-0.15, -0.1) is 0 Å². The molecule has 6 nitrogen and oxygen atoms in total. The van der Waals surface area contributed by atoms with E-state index in [9.17, 15) is 14.4 Å². The minimum Gasteiger partial charge on any atom is -0.462 e. The molecule has 0 spiro atoms. The lowest BCUT2D eigenvalue weighted by molar-refractivity contribution is -0.167. The number of hydrogen-bond donors (Lipinski definition) is 0. The van der Waals surface area contributed by atoms with E-state index in [4.69, 9.17) is 14.2 Å². The summed E-state index contributed by atoms with van der Waals surface area (Å²) in [5.41, 5.74) is 0. The van der Waals surface area contributed by atoms with E-state index >= 15 is 0 Å². The van der Waals surface area contributed by atoms with Crippen LogP contribution in [0.15, 0.2) is 24.3 Å².